The van der Waals surface area contributed by atoms with Gasteiger partial charge in [0.25, 0.3) is 5.91 Å². The molecule has 2 aromatic rings. The van der Waals surface area contributed by atoms with Crippen molar-refractivity contribution in [2.75, 3.05) is 19.0 Å². The van der Waals surface area contributed by atoms with Crippen molar-refractivity contribution in [1.82, 2.24) is 0 Å². The van der Waals surface area contributed by atoms with Crippen LogP contribution in [0.4, 0.5) is 5.69 Å². The molecule has 7 heteroatoms. The summed E-state index contributed by atoms with van der Waals surface area (Å²) in [7, 11) is 1.53. The zero-order valence-electron chi connectivity index (χ0n) is 14.2. The number of aromatic hydroxyl groups is 1. The number of methoxy groups -OCH3 is 1. The van der Waals surface area contributed by atoms with Gasteiger partial charge < -0.3 is 19.9 Å². The number of halogens is 1. The molecule has 0 aliphatic carbocycles. The highest BCUT2D eigenvalue weighted by molar-refractivity contribution is 9.10. The van der Waals surface area contributed by atoms with E-state index < -0.39 is 5.91 Å². The number of nitrogens with zero attached hydrogens (tertiary/aromatic N) is 1. The summed E-state index contributed by atoms with van der Waals surface area (Å²) in [6.45, 7) is 2.30. The van der Waals surface area contributed by atoms with E-state index in [1.54, 1.807) is 24.3 Å². The third-order valence-corrected chi connectivity index (χ3v) is 4.06. The van der Waals surface area contributed by atoms with Gasteiger partial charge in [0.1, 0.15) is 17.4 Å². The molecular weight excluding hydrogens is 400 g/mol. The molecule has 26 heavy (non-hydrogen) atoms. The molecule has 0 aliphatic heterocycles. The number of carbonyl (C=O) groups excluding carboxylic acids is 1. The third-order valence-electron chi connectivity index (χ3n) is 3.37. The monoisotopic (exact) mass is 416 g/mol. The first-order valence-corrected chi connectivity index (χ1v) is 8.50. The van der Waals surface area contributed by atoms with Gasteiger partial charge in [-0.15, -0.1) is 0 Å². The van der Waals surface area contributed by atoms with Crippen LogP contribution in [0.5, 0.6) is 17.2 Å². The molecule has 0 heterocycles. The maximum absolute atomic E-state index is 12.3. The quantitative estimate of drug-likeness (QED) is 0.419. The summed E-state index contributed by atoms with van der Waals surface area (Å²) in [5, 5.41) is 21.2. The Morgan fingerprint density at radius 1 is 1.31 bits per heavy atom. The third kappa shape index (κ3) is 4.77. The van der Waals surface area contributed by atoms with E-state index in [0.717, 1.165) is 0 Å². The van der Waals surface area contributed by atoms with Crippen LogP contribution in [0.15, 0.2) is 46.4 Å². The molecule has 2 rings (SSSR count). The Morgan fingerprint density at radius 2 is 2.00 bits per heavy atom. The summed E-state index contributed by atoms with van der Waals surface area (Å²) in [6.07, 6.45) is 1.46. The van der Waals surface area contributed by atoms with Gasteiger partial charge in [0.05, 0.1) is 13.7 Å². The Kier molecular flexibility index (Phi) is 6.64. The van der Waals surface area contributed by atoms with Crippen molar-refractivity contribution in [3.8, 4) is 23.3 Å². The van der Waals surface area contributed by atoms with Crippen LogP contribution in [-0.4, -0.2) is 24.7 Å². The van der Waals surface area contributed by atoms with Crippen LogP contribution in [0.1, 0.15) is 12.5 Å². The largest absolute Gasteiger partial charge is 0.508 e. The molecule has 2 aromatic carbocycles. The fourth-order valence-electron chi connectivity index (χ4n) is 2.14. The van der Waals surface area contributed by atoms with Gasteiger partial charge in [0.15, 0.2) is 11.5 Å². The van der Waals surface area contributed by atoms with Crippen molar-refractivity contribution < 1.29 is 19.4 Å². The van der Waals surface area contributed by atoms with Gasteiger partial charge in [-0.2, -0.15) is 5.26 Å². The Balaban J connectivity index is 2.32. The van der Waals surface area contributed by atoms with Crippen molar-refractivity contribution in [1.29, 1.82) is 5.26 Å². The van der Waals surface area contributed by atoms with Crippen LogP contribution in [0.25, 0.3) is 6.08 Å². The molecule has 6 nitrogen and oxygen atoms in total. The number of benzene rings is 2. The second-order valence-corrected chi connectivity index (χ2v) is 5.98. The summed E-state index contributed by atoms with van der Waals surface area (Å²) in [6, 6.07) is 11.3. The first kappa shape index (κ1) is 19.3. The van der Waals surface area contributed by atoms with E-state index in [2.05, 4.69) is 21.2 Å². The first-order chi connectivity index (χ1) is 12.5. The molecular formula is C19H17BrN2O4. The minimum Gasteiger partial charge on any atom is -0.508 e. The Bertz CT molecular complexity index is 870. The lowest BCUT2D eigenvalue weighted by molar-refractivity contribution is -0.112. The zero-order valence-corrected chi connectivity index (χ0v) is 15.8. The minimum absolute atomic E-state index is 0.0774. The van der Waals surface area contributed by atoms with Crippen LogP contribution >= 0.6 is 15.9 Å². The molecule has 0 bridgehead atoms. The number of nitrogens with one attached hydrogen (secondary N) is 1. The van der Waals surface area contributed by atoms with E-state index >= 15 is 0 Å². The molecule has 0 fully saturated rings. The highest BCUT2D eigenvalue weighted by atomic mass is 79.9. The predicted octanol–water partition coefficient (Wildman–Crippen LogP) is 4.11. The van der Waals surface area contributed by atoms with E-state index in [9.17, 15) is 15.2 Å². The maximum atomic E-state index is 12.3. The lowest BCUT2D eigenvalue weighted by Crippen LogP contribution is -2.13. The number of hydrogen-bond acceptors (Lipinski definition) is 5. The number of rotatable bonds is 6. The molecule has 0 aromatic heterocycles. The molecule has 0 atom stereocenters. The van der Waals surface area contributed by atoms with Crippen molar-refractivity contribution in [3.63, 3.8) is 0 Å². The molecule has 0 spiro atoms. The first-order valence-electron chi connectivity index (χ1n) is 7.71. The number of hydrogen-bond donors (Lipinski definition) is 2. The topological polar surface area (TPSA) is 91.6 Å². The molecule has 0 saturated carbocycles. The van der Waals surface area contributed by atoms with Gasteiger partial charge in [-0.1, -0.05) is 15.9 Å². The van der Waals surface area contributed by atoms with Crippen LogP contribution in [0, 0.1) is 11.3 Å². The fourth-order valence-corrected chi connectivity index (χ4v) is 2.57. The van der Waals surface area contributed by atoms with Crippen molar-refractivity contribution in [2.24, 2.45) is 0 Å². The van der Waals surface area contributed by atoms with Gasteiger partial charge in [0.2, 0.25) is 0 Å². The van der Waals surface area contributed by atoms with E-state index in [4.69, 9.17) is 9.47 Å². The smallest absolute Gasteiger partial charge is 0.266 e. The lowest BCUT2D eigenvalue weighted by Gasteiger charge is -2.12. The number of anilines is 1. The van der Waals surface area contributed by atoms with Gasteiger partial charge in [-0.05, 0) is 55.0 Å². The summed E-state index contributed by atoms with van der Waals surface area (Å²) >= 11 is 3.41. The Hall–Kier alpha value is -2.98. The van der Waals surface area contributed by atoms with E-state index in [-0.39, 0.29) is 11.3 Å². The Labute approximate surface area is 159 Å². The number of ether oxygens (including phenoxy) is 2. The number of carbonyl (C=O) groups is 1. The Morgan fingerprint density at radius 3 is 2.58 bits per heavy atom. The molecule has 0 saturated heterocycles. The highest BCUT2D eigenvalue weighted by Crippen LogP contribution is 2.34. The maximum Gasteiger partial charge on any atom is 0.266 e. The number of amides is 1. The van der Waals surface area contributed by atoms with E-state index in [0.29, 0.717) is 33.8 Å². The summed E-state index contributed by atoms with van der Waals surface area (Å²) in [4.78, 5) is 12.3. The second kappa shape index (κ2) is 8.92. The summed E-state index contributed by atoms with van der Waals surface area (Å²) in [5.74, 6) is 0.590. The second-order valence-electron chi connectivity index (χ2n) is 5.13. The SMILES string of the molecule is CCOc1cc(/C=C(\C#N)C(=O)Nc2ccc(O)cc2)c(Br)cc1OC. The van der Waals surface area contributed by atoms with Gasteiger partial charge in [-0.3, -0.25) is 4.79 Å². The minimum atomic E-state index is -0.557. The van der Waals surface area contributed by atoms with Crippen molar-refractivity contribution in [2.45, 2.75) is 6.92 Å². The lowest BCUT2D eigenvalue weighted by atomic mass is 10.1. The molecule has 134 valence electrons. The average molecular weight is 417 g/mol. The van der Waals surface area contributed by atoms with Crippen LogP contribution in [0.2, 0.25) is 0 Å². The predicted molar refractivity (Wildman–Crippen MR) is 102 cm³/mol. The number of nitriles is 1. The van der Waals surface area contributed by atoms with Crippen LogP contribution < -0.4 is 14.8 Å². The van der Waals surface area contributed by atoms with E-state index in [1.165, 1.54) is 25.3 Å². The highest BCUT2D eigenvalue weighted by Gasteiger charge is 2.13. The van der Waals surface area contributed by atoms with Gasteiger partial charge in [0, 0.05) is 10.2 Å². The zero-order chi connectivity index (χ0) is 19.1. The summed E-state index contributed by atoms with van der Waals surface area (Å²) < 4.78 is 11.4. The van der Waals surface area contributed by atoms with Crippen LogP contribution in [0.3, 0.4) is 0 Å². The molecule has 0 unspecified atom stereocenters. The summed E-state index contributed by atoms with van der Waals surface area (Å²) in [5.41, 5.74) is 0.996. The van der Waals surface area contributed by atoms with Gasteiger partial charge in [-0.25, -0.2) is 0 Å². The normalized spacial score (nSPS) is 10.8. The fraction of sp³-hybridized carbons (Fsp3) is 0.158. The van der Waals surface area contributed by atoms with Crippen LogP contribution in [-0.2, 0) is 4.79 Å². The molecule has 2 N–H and O–H groups in total. The number of phenols is 1. The van der Waals surface area contributed by atoms with E-state index in [1.807, 2.05) is 13.0 Å². The molecule has 1 amide bonds. The number of phenolic OH excluding ortho intramolecular Hbond substituents is 1. The standard InChI is InChI=1S/C19H17BrN2O4/c1-3-26-18-9-12(16(20)10-17(18)25-2)8-13(11-21)19(24)22-14-4-6-15(23)7-5-14/h4-10,23H,3H2,1-2H3,(H,22,24)/b13-8+. The van der Waals surface area contributed by atoms with Crippen molar-refractivity contribution >= 4 is 33.6 Å². The molecule has 0 aliphatic rings. The average Bonchev–Trinajstić information content (AvgIpc) is 2.63. The molecule has 0 radical (unpaired) electrons. The van der Waals surface area contributed by atoms with Crippen molar-refractivity contribution in [3.05, 3.63) is 52.0 Å². The van der Waals surface area contributed by atoms with Gasteiger partial charge >= 0.3 is 0 Å².